The Morgan fingerprint density at radius 3 is 2.62 bits per heavy atom. The Bertz CT molecular complexity index is 820. The maximum Gasteiger partial charge on any atom is 0.270 e. The number of hydrogen-bond donors (Lipinski definition) is 3. The molecule has 0 aliphatic carbocycles. The van der Waals surface area contributed by atoms with E-state index in [2.05, 4.69) is 15.8 Å². The maximum absolute atomic E-state index is 12.0. The van der Waals surface area contributed by atoms with Crippen LogP contribution in [0.3, 0.4) is 0 Å². The van der Waals surface area contributed by atoms with E-state index in [1.807, 2.05) is 0 Å². The highest BCUT2D eigenvalue weighted by molar-refractivity contribution is 5.88. The van der Waals surface area contributed by atoms with Crippen LogP contribution in [0, 0.1) is 10.1 Å². The van der Waals surface area contributed by atoms with Gasteiger partial charge in [-0.2, -0.15) is 5.10 Å². The fourth-order valence-corrected chi connectivity index (χ4v) is 2.02. The zero-order chi connectivity index (χ0) is 19.1. The van der Waals surface area contributed by atoms with Crippen LogP contribution < -0.4 is 15.5 Å². The van der Waals surface area contributed by atoms with Crippen LogP contribution in [0.4, 0.5) is 11.4 Å². The van der Waals surface area contributed by atoms with E-state index < -0.39 is 16.9 Å². The summed E-state index contributed by atoms with van der Waals surface area (Å²) in [6, 6.07) is 10.00. The van der Waals surface area contributed by atoms with E-state index in [9.17, 15) is 20.0 Å². The molecule has 0 spiro atoms. The van der Waals surface area contributed by atoms with Crippen LogP contribution in [0.5, 0.6) is 11.5 Å². The molecule has 2 rings (SSSR count). The van der Waals surface area contributed by atoms with E-state index in [-0.39, 0.29) is 17.0 Å². The number of phenolic OH excluding ortho intramolecular Hbond substituents is 1. The van der Waals surface area contributed by atoms with Crippen molar-refractivity contribution in [1.29, 1.82) is 0 Å². The molecule has 0 bridgehead atoms. The first-order valence-electron chi connectivity index (χ1n) is 7.61. The second kappa shape index (κ2) is 8.47. The Kier molecular flexibility index (Phi) is 6.10. The van der Waals surface area contributed by atoms with Gasteiger partial charge in [0.05, 0.1) is 18.2 Å². The molecule has 9 heteroatoms. The van der Waals surface area contributed by atoms with Crippen LogP contribution in [-0.2, 0) is 4.79 Å². The van der Waals surface area contributed by atoms with Gasteiger partial charge in [-0.1, -0.05) is 0 Å². The highest BCUT2D eigenvalue weighted by atomic mass is 16.6. The number of hydrazone groups is 1. The van der Waals surface area contributed by atoms with Gasteiger partial charge in [-0.25, -0.2) is 5.43 Å². The summed E-state index contributed by atoms with van der Waals surface area (Å²) >= 11 is 0. The standard InChI is InChI=1S/C17H18N4O5/c1-11(19-13-3-6-15(26-2)7-4-13)17(23)20-18-10-12-9-14(21(24)25)5-8-16(12)22/h3-11,19,22H,1-2H3,(H,20,23)/b18-10-/t11-/m0/s1. The predicted molar refractivity (Wildman–Crippen MR) is 96.6 cm³/mol. The van der Waals surface area contributed by atoms with E-state index in [4.69, 9.17) is 4.74 Å². The molecule has 26 heavy (non-hydrogen) atoms. The minimum Gasteiger partial charge on any atom is -0.507 e. The lowest BCUT2D eigenvalue weighted by Gasteiger charge is -2.13. The number of benzene rings is 2. The van der Waals surface area contributed by atoms with Gasteiger partial charge in [0.15, 0.2) is 0 Å². The average Bonchev–Trinajstić information content (AvgIpc) is 2.63. The van der Waals surface area contributed by atoms with Crippen LogP contribution in [0.2, 0.25) is 0 Å². The van der Waals surface area contributed by atoms with Gasteiger partial charge in [0, 0.05) is 23.4 Å². The molecule has 2 aromatic rings. The van der Waals surface area contributed by atoms with Crippen molar-refractivity contribution in [3.05, 3.63) is 58.1 Å². The maximum atomic E-state index is 12.0. The fourth-order valence-electron chi connectivity index (χ4n) is 2.02. The number of phenols is 1. The molecule has 1 amide bonds. The lowest BCUT2D eigenvalue weighted by molar-refractivity contribution is -0.384. The molecule has 0 fully saturated rings. The number of methoxy groups -OCH3 is 1. The van der Waals surface area contributed by atoms with Crippen molar-refractivity contribution in [2.75, 3.05) is 12.4 Å². The molecule has 0 saturated carbocycles. The molecule has 1 atom stereocenters. The molecule has 2 aromatic carbocycles. The van der Waals surface area contributed by atoms with Crippen molar-refractivity contribution in [3.63, 3.8) is 0 Å². The minimum atomic E-state index is -0.587. The zero-order valence-corrected chi connectivity index (χ0v) is 14.2. The molecule has 0 aliphatic rings. The zero-order valence-electron chi connectivity index (χ0n) is 14.2. The SMILES string of the molecule is COc1ccc(N[C@@H](C)C(=O)N/N=C\c2cc([N+](=O)[O-])ccc2O)cc1. The van der Waals surface area contributed by atoms with Crippen molar-refractivity contribution in [2.45, 2.75) is 13.0 Å². The van der Waals surface area contributed by atoms with Gasteiger partial charge < -0.3 is 15.2 Å². The summed E-state index contributed by atoms with van der Waals surface area (Å²) < 4.78 is 5.06. The van der Waals surface area contributed by atoms with Gasteiger partial charge >= 0.3 is 0 Å². The van der Waals surface area contributed by atoms with Crippen LogP contribution in [-0.4, -0.2) is 35.3 Å². The Hall–Kier alpha value is -3.62. The second-order valence-electron chi connectivity index (χ2n) is 5.33. The molecule has 0 radical (unpaired) electrons. The van der Waals surface area contributed by atoms with Crippen molar-refractivity contribution < 1.29 is 19.6 Å². The number of nitro benzene ring substituents is 1. The second-order valence-corrected chi connectivity index (χ2v) is 5.33. The number of carbonyl (C=O) groups is 1. The van der Waals surface area contributed by atoms with E-state index in [0.29, 0.717) is 5.75 Å². The van der Waals surface area contributed by atoms with Crippen LogP contribution in [0.1, 0.15) is 12.5 Å². The first kappa shape index (κ1) is 18.7. The normalized spacial score (nSPS) is 11.8. The molecular weight excluding hydrogens is 340 g/mol. The monoisotopic (exact) mass is 358 g/mol. The number of hydrogen-bond acceptors (Lipinski definition) is 7. The Morgan fingerprint density at radius 2 is 2.00 bits per heavy atom. The summed E-state index contributed by atoms with van der Waals surface area (Å²) in [7, 11) is 1.57. The lowest BCUT2D eigenvalue weighted by atomic mass is 10.2. The van der Waals surface area contributed by atoms with Crippen LogP contribution in [0.15, 0.2) is 47.6 Å². The molecule has 0 aliphatic heterocycles. The topological polar surface area (TPSA) is 126 Å². The number of non-ortho nitro benzene ring substituents is 1. The van der Waals surface area contributed by atoms with Crippen LogP contribution in [0.25, 0.3) is 0 Å². The number of amides is 1. The Labute approximate surface area is 149 Å². The van der Waals surface area contributed by atoms with Gasteiger partial charge in [0.1, 0.15) is 17.5 Å². The molecule has 0 aromatic heterocycles. The molecule has 136 valence electrons. The molecular formula is C17H18N4O5. The van der Waals surface area contributed by atoms with Crippen molar-refractivity contribution >= 4 is 23.5 Å². The number of carbonyl (C=O) groups excluding carboxylic acids is 1. The van der Waals surface area contributed by atoms with E-state index in [0.717, 1.165) is 18.0 Å². The number of nitrogens with one attached hydrogen (secondary N) is 2. The predicted octanol–water partition coefficient (Wildman–Crippen LogP) is 2.26. The number of rotatable bonds is 7. The number of ether oxygens (including phenoxy) is 1. The first-order valence-corrected chi connectivity index (χ1v) is 7.61. The minimum absolute atomic E-state index is 0.121. The van der Waals surface area contributed by atoms with Gasteiger partial charge in [-0.3, -0.25) is 14.9 Å². The lowest BCUT2D eigenvalue weighted by Crippen LogP contribution is -2.34. The summed E-state index contributed by atoms with van der Waals surface area (Å²) in [4.78, 5) is 22.2. The largest absolute Gasteiger partial charge is 0.507 e. The van der Waals surface area contributed by atoms with E-state index >= 15 is 0 Å². The number of nitrogens with zero attached hydrogens (tertiary/aromatic N) is 2. The molecule has 0 heterocycles. The molecule has 9 nitrogen and oxygen atoms in total. The van der Waals surface area contributed by atoms with E-state index in [1.54, 1.807) is 38.3 Å². The van der Waals surface area contributed by atoms with Gasteiger partial charge in [-0.15, -0.1) is 0 Å². The molecule has 0 saturated heterocycles. The smallest absolute Gasteiger partial charge is 0.270 e. The summed E-state index contributed by atoms with van der Waals surface area (Å²) in [6.45, 7) is 1.65. The summed E-state index contributed by atoms with van der Waals surface area (Å²) in [5.41, 5.74) is 2.97. The van der Waals surface area contributed by atoms with Gasteiger partial charge in [0.25, 0.3) is 11.6 Å². The Balaban J connectivity index is 1.95. The van der Waals surface area contributed by atoms with Crippen LogP contribution >= 0.6 is 0 Å². The third kappa shape index (κ3) is 4.94. The van der Waals surface area contributed by atoms with Crippen molar-refractivity contribution in [2.24, 2.45) is 5.10 Å². The number of anilines is 1. The Morgan fingerprint density at radius 1 is 1.31 bits per heavy atom. The first-order chi connectivity index (χ1) is 12.4. The fraction of sp³-hybridized carbons (Fsp3) is 0.176. The van der Waals surface area contributed by atoms with Crippen molar-refractivity contribution in [3.8, 4) is 11.5 Å². The third-order valence-corrected chi connectivity index (χ3v) is 3.47. The van der Waals surface area contributed by atoms with Gasteiger partial charge in [-0.05, 0) is 37.3 Å². The average molecular weight is 358 g/mol. The highest BCUT2D eigenvalue weighted by Crippen LogP contribution is 2.21. The number of nitro groups is 1. The molecule has 0 unspecified atom stereocenters. The van der Waals surface area contributed by atoms with E-state index in [1.165, 1.54) is 12.1 Å². The van der Waals surface area contributed by atoms with Gasteiger partial charge in [0.2, 0.25) is 0 Å². The summed E-state index contributed by atoms with van der Waals surface area (Å²) in [5.74, 6) is 0.106. The highest BCUT2D eigenvalue weighted by Gasteiger charge is 2.12. The molecule has 3 N–H and O–H groups in total. The third-order valence-electron chi connectivity index (χ3n) is 3.47. The number of aromatic hydroxyl groups is 1. The van der Waals surface area contributed by atoms with Crippen molar-refractivity contribution in [1.82, 2.24) is 5.43 Å². The summed E-state index contributed by atoms with van der Waals surface area (Å²) in [5, 5.41) is 27.1. The quantitative estimate of drug-likeness (QED) is 0.396. The summed E-state index contributed by atoms with van der Waals surface area (Å²) in [6.07, 6.45) is 1.14.